The highest BCUT2D eigenvalue weighted by Gasteiger charge is 2.23. The topological polar surface area (TPSA) is 107 Å². The summed E-state index contributed by atoms with van der Waals surface area (Å²) in [6, 6.07) is 13.8. The van der Waals surface area contributed by atoms with Crippen molar-refractivity contribution in [3.8, 4) is 0 Å². The van der Waals surface area contributed by atoms with Crippen molar-refractivity contribution in [1.29, 1.82) is 0 Å². The number of benzene rings is 2. The van der Waals surface area contributed by atoms with Crippen molar-refractivity contribution >= 4 is 62.2 Å². The minimum atomic E-state index is -0.602. The van der Waals surface area contributed by atoms with Gasteiger partial charge in [0.1, 0.15) is 9.85 Å². The number of aromatic nitrogens is 2. The summed E-state index contributed by atoms with van der Waals surface area (Å²) in [4.78, 5) is 43.7. The number of carbonyl (C=O) groups is 1. The molecule has 1 N–H and O–H groups in total. The summed E-state index contributed by atoms with van der Waals surface area (Å²) >= 11 is 8.59. The zero-order valence-electron chi connectivity index (χ0n) is 19.0. The molecule has 1 amide bonds. The first-order valence-corrected chi connectivity index (χ1v) is 13.5. The number of rotatable bonds is 7. The number of carbonyl (C=O) groups excluding carboxylic acids is 1. The third kappa shape index (κ3) is 5.02. The largest absolute Gasteiger partial charge is 0.325 e. The van der Waals surface area contributed by atoms with Crippen LogP contribution in [-0.2, 0) is 24.2 Å². The van der Waals surface area contributed by atoms with Gasteiger partial charge in [-0.2, -0.15) is 0 Å². The molecule has 184 valence electrons. The zero-order valence-corrected chi connectivity index (χ0v) is 21.4. The van der Waals surface area contributed by atoms with E-state index in [2.05, 4.69) is 5.32 Å². The van der Waals surface area contributed by atoms with E-state index in [1.165, 1.54) is 34.8 Å². The molecular formula is C25H21ClN4O4S2. The molecule has 2 heterocycles. The molecule has 0 atom stereocenters. The minimum Gasteiger partial charge on any atom is -0.325 e. The molecule has 0 spiro atoms. The quantitative estimate of drug-likeness (QED) is 0.140. The van der Waals surface area contributed by atoms with Crippen molar-refractivity contribution in [3.63, 3.8) is 0 Å². The van der Waals surface area contributed by atoms with E-state index in [1.807, 2.05) is 30.3 Å². The molecule has 5 rings (SSSR count). The number of amides is 1. The highest BCUT2D eigenvalue weighted by molar-refractivity contribution is 7.99. The van der Waals surface area contributed by atoms with Gasteiger partial charge in [0.05, 0.1) is 22.6 Å². The number of nitrogens with zero attached hydrogens (tertiary/aromatic N) is 3. The summed E-state index contributed by atoms with van der Waals surface area (Å²) in [6.45, 7) is 0.348. The summed E-state index contributed by atoms with van der Waals surface area (Å²) in [5, 5.41) is 15.0. The Balaban J connectivity index is 1.44. The highest BCUT2D eigenvalue weighted by Crippen LogP contribution is 2.35. The lowest BCUT2D eigenvalue weighted by molar-refractivity contribution is -0.384. The molecule has 4 aromatic rings. The van der Waals surface area contributed by atoms with Crippen LogP contribution >= 0.6 is 34.7 Å². The van der Waals surface area contributed by atoms with E-state index in [0.717, 1.165) is 36.8 Å². The number of nitrogens with one attached hydrogen (secondary N) is 1. The molecule has 36 heavy (non-hydrogen) atoms. The molecule has 0 saturated heterocycles. The van der Waals surface area contributed by atoms with Gasteiger partial charge in [0.25, 0.3) is 11.2 Å². The SMILES string of the molecule is O=C(CSc1nc2sc3c(c2c(=O)n1Cc1ccccc1)CCCC3)Nc1ccc(Cl)c([N+](=O)[O-])c1. The van der Waals surface area contributed by atoms with E-state index in [9.17, 15) is 19.7 Å². The molecule has 1 aliphatic rings. The maximum absolute atomic E-state index is 13.7. The first-order valence-electron chi connectivity index (χ1n) is 11.4. The van der Waals surface area contributed by atoms with Gasteiger partial charge in [-0.25, -0.2) is 4.98 Å². The number of nitro benzene ring substituents is 1. The van der Waals surface area contributed by atoms with Crippen LogP contribution in [-0.4, -0.2) is 26.1 Å². The highest BCUT2D eigenvalue weighted by atomic mass is 35.5. The average Bonchev–Trinajstić information content (AvgIpc) is 3.25. The van der Waals surface area contributed by atoms with Crippen LogP contribution in [0.25, 0.3) is 10.2 Å². The third-order valence-corrected chi connectivity index (χ3v) is 8.46. The molecule has 2 aromatic carbocycles. The van der Waals surface area contributed by atoms with Gasteiger partial charge < -0.3 is 5.32 Å². The first-order chi connectivity index (χ1) is 17.4. The Morgan fingerprint density at radius 1 is 1.19 bits per heavy atom. The maximum atomic E-state index is 13.7. The molecule has 0 unspecified atom stereocenters. The number of fused-ring (bicyclic) bond motifs is 3. The fourth-order valence-corrected chi connectivity index (χ4v) is 6.58. The lowest BCUT2D eigenvalue weighted by Gasteiger charge is -2.14. The Hall–Kier alpha value is -3.21. The molecule has 11 heteroatoms. The monoisotopic (exact) mass is 540 g/mol. The number of aryl methyl sites for hydroxylation is 2. The van der Waals surface area contributed by atoms with Gasteiger partial charge in [0, 0.05) is 16.6 Å². The second-order valence-corrected chi connectivity index (χ2v) is 10.9. The summed E-state index contributed by atoms with van der Waals surface area (Å²) < 4.78 is 1.64. The third-order valence-electron chi connectivity index (χ3n) is 5.98. The number of anilines is 1. The second kappa shape index (κ2) is 10.4. The summed E-state index contributed by atoms with van der Waals surface area (Å²) in [5.41, 5.74) is 1.99. The van der Waals surface area contributed by atoms with Crippen molar-refractivity contribution in [2.75, 3.05) is 11.1 Å². The fourth-order valence-electron chi connectivity index (χ4n) is 4.29. The molecule has 8 nitrogen and oxygen atoms in total. The molecule has 0 fully saturated rings. The van der Waals surface area contributed by atoms with Crippen molar-refractivity contribution < 1.29 is 9.72 Å². The van der Waals surface area contributed by atoms with Crippen LogP contribution in [0.1, 0.15) is 28.8 Å². The van der Waals surface area contributed by atoms with E-state index in [4.69, 9.17) is 16.6 Å². The van der Waals surface area contributed by atoms with Crippen molar-refractivity contribution in [2.45, 2.75) is 37.4 Å². The molecule has 0 radical (unpaired) electrons. The first kappa shape index (κ1) is 24.5. The molecule has 0 bridgehead atoms. The predicted octanol–water partition coefficient (Wildman–Crippen LogP) is 5.68. The van der Waals surface area contributed by atoms with Crippen molar-refractivity contribution in [1.82, 2.24) is 9.55 Å². The summed E-state index contributed by atoms with van der Waals surface area (Å²) in [5.74, 6) is -0.392. The van der Waals surface area contributed by atoms with Gasteiger partial charge in [0.15, 0.2) is 5.16 Å². The van der Waals surface area contributed by atoms with E-state index >= 15 is 0 Å². The second-order valence-electron chi connectivity index (χ2n) is 8.42. The van der Waals surface area contributed by atoms with Crippen molar-refractivity contribution in [3.05, 3.63) is 90.0 Å². The van der Waals surface area contributed by atoms with Crippen LogP contribution in [0.15, 0.2) is 58.5 Å². The van der Waals surface area contributed by atoms with E-state index in [1.54, 1.807) is 15.9 Å². The molecular weight excluding hydrogens is 520 g/mol. The predicted molar refractivity (Wildman–Crippen MR) is 144 cm³/mol. The molecule has 0 aliphatic heterocycles. The minimum absolute atomic E-state index is 0.00606. The molecule has 0 saturated carbocycles. The number of thiophene rings is 1. The molecule has 2 aromatic heterocycles. The number of thioether (sulfide) groups is 1. The Kier molecular flexibility index (Phi) is 7.08. The smallest absolute Gasteiger partial charge is 0.289 e. The van der Waals surface area contributed by atoms with E-state index in [-0.39, 0.29) is 33.6 Å². The van der Waals surface area contributed by atoms with Crippen LogP contribution in [0, 0.1) is 10.1 Å². The normalized spacial score (nSPS) is 12.9. The number of halogens is 1. The van der Waals surface area contributed by atoms with Crippen molar-refractivity contribution in [2.24, 2.45) is 0 Å². The summed E-state index contributed by atoms with van der Waals surface area (Å²) in [7, 11) is 0. The van der Waals surface area contributed by atoms with E-state index < -0.39 is 4.92 Å². The Bertz CT molecular complexity index is 1530. The van der Waals surface area contributed by atoms with Crippen LogP contribution in [0.3, 0.4) is 0 Å². The average molecular weight is 541 g/mol. The zero-order chi connectivity index (χ0) is 25.2. The Labute approximate surface area is 219 Å². The maximum Gasteiger partial charge on any atom is 0.289 e. The van der Waals surface area contributed by atoms with Gasteiger partial charge in [0.2, 0.25) is 5.91 Å². The Morgan fingerprint density at radius 3 is 2.75 bits per heavy atom. The number of hydrogen-bond acceptors (Lipinski definition) is 7. The van der Waals surface area contributed by atoms with Gasteiger partial charge in [-0.15, -0.1) is 11.3 Å². The van der Waals surface area contributed by atoms with Gasteiger partial charge in [-0.1, -0.05) is 53.7 Å². The lowest BCUT2D eigenvalue weighted by atomic mass is 9.97. The van der Waals surface area contributed by atoms with Crippen LogP contribution < -0.4 is 10.9 Å². The Morgan fingerprint density at radius 2 is 1.97 bits per heavy atom. The van der Waals surface area contributed by atoms with Gasteiger partial charge >= 0.3 is 0 Å². The number of nitro groups is 1. The van der Waals surface area contributed by atoms with Gasteiger partial charge in [-0.3, -0.25) is 24.3 Å². The standard InChI is InChI=1S/C25H21ClN4O4S2/c26-18-11-10-16(12-19(18)30(33)34)27-21(31)14-35-25-28-23-22(17-8-4-5-9-20(17)36-23)24(32)29(25)13-15-6-2-1-3-7-15/h1-3,6-7,10-12H,4-5,8-9,13-14H2,(H,27,31). The van der Waals surface area contributed by atoms with Crippen LogP contribution in [0.5, 0.6) is 0 Å². The van der Waals surface area contributed by atoms with Crippen LogP contribution in [0.4, 0.5) is 11.4 Å². The van der Waals surface area contributed by atoms with Crippen LogP contribution in [0.2, 0.25) is 5.02 Å². The number of hydrogen-bond donors (Lipinski definition) is 1. The van der Waals surface area contributed by atoms with Gasteiger partial charge in [-0.05, 0) is 48.9 Å². The van der Waals surface area contributed by atoms with E-state index in [0.29, 0.717) is 21.9 Å². The summed E-state index contributed by atoms with van der Waals surface area (Å²) in [6.07, 6.45) is 4.03. The molecule has 1 aliphatic carbocycles. The fraction of sp³-hybridized carbons (Fsp3) is 0.240. The lowest BCUT2D eigenvalue weighted by Crippen LogP contribution is -2.25.